The lowest BCUT2D eigenvalue weighted by molar-refractivity contribution is -0.0499. The molecule has 0 saturated carbocycles. The zero-order valence-corrected chi connectivity index (χ0v) is 16.1. The number of alkyl halides is 2. The predicted molar refractivity (Wildman–Crippen MR) is 109 cm³/mol. The van der Waals surface area contributed by atoms with Crippen molar-refractivity contribution in [2.24, 2.45) is 0 Å². The number of hydrogen-bond donors (Lipinski definition) is 0. The molecule has 3 aromatic rings. The summed E-state index contributed by atoms with van der Waals surface area (Å²) in [4.78, 5) is 29.1. The third-order valence-electron chi connectivity index (χ3n) is 5.18. The number of piperazine rings is 1. The summed E-state index contributed by atoms with van der Waals surface area (Å²) in [7, 11) is 0. The molecule has 4 rings (SSSR count). The second kappa shape index (κ2) is 8.49. The lowest BCUT2D eigenvalue weighted by Crippen LogP contribution is -2.50. The highest BCUT2D eigenvalue weighted by Gasteiger charge is 2.26. The van der Waals surface area contributed by atoms with Crippen LogP contribution in [-0.2, 0) is 0 Å². The van der Waals surface area contributed by atoms with E-state index in [4.69, 9.17) is 0 Å². The molecule has 1 saturated heterocycles. The minimum atomic E-state index is -2.95. The fourth-order valence-electron chi connectivity index (χ4n) is 3.68. The van der Waals surface area contributed by atoms with Gasteiger partial charge < -0.3 is 14.5 Å². The molecule has 0 atom stereocenters. The van der Waals surface area contributed by atoms with Crippen LogP contribution in [0.3, 0.4) is 0 Å². The molecule has 0 unspecified atom stereocenters. The quantitative estimate of drug-likeness (QED) is 0.652. The summed E-state index contributed by atoms with van der Waals surface area (Å²) in [5.41, 5.74) is 0.923. The van der Waals surface area contributed by atoms with Gasteiger partial charge in [-0.1, -0.05) is 42.5 Å². The Labute approximate surface area is 172 Å². The number of hydrogen-bond acceptors (Lipinski definition) is 3. The van der Waals surface area contributed by atoms with Crippen molar-refractivity contribution in [1.29, 1.82) is 0 Å². The first-order chi connectivity index (χ1) is 14.5. The molecule has 0 N–H and O–H groups in total. The second-order valence-corrected chi connectivity index (χ2v) is 7.02. The van der Waals surface area contributed by atoms with Gasteiger partial charge in [0, 0.05) is 37.3 Å². The molecule has 0 bridgehead atoms. The smallest absolute Gasteiger partial charge is 0.387 e. The van der Waals surface area contributed by atoms with Gasteiger partial charge in [-0.15, -0.1) is 0 Å². The van der Waals surface area contributed by atoms with E-state index in [2.05, 4.69) is 4.74 Å². The van der Waals surface area contributed by atoms with Crippen LogP contribution in [-0.4, -0.2) is 54.4 Å². The first-order valence-electron chi connectivity index (χ1n) is 9.64. The third-order valence-corrected chi connectivity index (χ3v) is 5.18. The van der Waals surface area contributed by atoms with E-state index in [9.17, 15) is 18.4 Å². The molecular formula is C23H20F2N2O3. The van der Waals surface area contributed by atoms with E-state index < -0.39 is 6.61 Å². The SMILES string of the molecule is O=C(c1cccc(OC(F)F)c1)N1CCN(C(=O)c2cccc3ccccc23)CC1. The summed E-state index contributed by atoms with van der Waals surface area (Å²) in [5, 5.41) is 1.91. The van der Waals surface area contributed by atoms with Crippen molar-refractivity contribution in [3.8, 4) is 5.75 Å². The number of halogens is 2. The van der Waals surface area contributed by atoms with Gasteiger partial charge in [0.15, 0.2) is 0 Å². The maximum Gasteiger partial charge on any atom is 0.387 e. The number of carbonyl (C=O) groups excluding carboxylic acids is 2. The number of benzene rings is 3. The molecule has 0 aromatic heterocycles. The van der Waals surface area contributed by atoms with Crippen molar-refractivity contribution in [2.75, 3.05) is 26.2 Å². The molecule has 0 aliphatic carbocycles. The van der Waals surface area contributed by atoms with Gasteiger partial charge in [0.05, 0.1) is 0 Å². The number of amides is 2. The van der Waals surface area contributed by atoms with Gasteiger partial charge in [-0.2, -0.15) is 8.78 Å². The maximum atomic E-state index is 13.0. The standard InChI is InChI=1S/C23H20F2N2O3/c24-23(25)30-18-8-3-7-17(15-18)21(28)26-11-13-27(14-12-26)22(29)20-10-4-6-16-5-1-2-9-19(16)20/h1-10,15,23H,11-14H2. The number of nitrogens with zero attached hydrogens (tertiary/aromatic N) is 2. The third kappa shape index (κ3) is 4.10. The van der Waals surface area contributed by atoms with Gasteiger partial charge in [0.2, 0.25) is 0 Å². The van der Waals surface area contributed by atoms with Crippen molar-refractivity contribution in [2.45, 2.75) is 6.61 Å². The van der Waals surface area contributed by atoms with Gasteiger partial charge in [-0.3, -0.25) is 9.59 Å². The van der Waals surface area contributed by atoms with E-state index in [1.807, 2.05) is 42.5 Å². The highest BCUT2D eigenvalue weighted by Crippen LogP contribution is 2.22. The van der Waals surface area contributed by atoms with Crippen LogP contribution in [0, 0.1) is 0 Å². The van der Waals surface area contributed by atoms with Crippen LogP contribution in [0.25, 0.3) is 10.8 Å². The molecule has 7 heteroatoms. The van der Waals surface area contributed by atoms with Crippen LogP contribution in [0.15, 0.2) is 66.7 Å². The highest BCUT2D eigenvalue weighted by atomic mass is 19.3. The van der Waals surface area contributed by atoms with E-state index in [1.165, 1.54) is 18.2 Å². The van der Waals surface area contributed by atoms with E-state index in [0.717, 1.165) is 10.8 Å². The van der Waals surface area contributed by atoms with E-state index in [1.54, 1.807) is 15.9 Å². The van der Waals surface area contributed by atoms with Crippen LogP contribution >= 0.6 is 0 Å². The predicted octanol–water partition coefficient (Wildman–Crippen LogP) is 4.04. The van der Waals surface area contributed by atoms with Crippen LogP contribution in [0.4, 0.5) is 8.78 Å². The Kier molecular flexibility index (Phi) is 5.61. The van der Waals surface area contributed by atoms with E-state index in [0.29, 0.717) is 31.7 Å². The molecule has 5 nitrogen and oxygen atoms in total. The normalized spacial score (nSPS) is 14.2. The zero-order valence-electron chi connectivity index (χ0n) is 16.1. The molecule has 1 aliphatic heterocycles. The van der Waals surface area contributed by atoms with Gasteiger partial charge in [-0.05, 0) is 35.0 Å². The van der Waals surface area contributed by atoms with Crippen molar-refractivity contribution in [1.82, 2.24) is 9.80 Å². The average Bonchev–Trinajstić information content (AvgIpc) is 2.77. The molecule has 1 heterocycles. The van der Waals surface area contributed by atoms with Gasteiger partial charge in [-0.25, -0.2) is 0 Å². The fourth-order valence-corrected chi connectivity index (χ4v) is 3.68. The van der Waals surface area contributed by atoms with Crippen LogP contribution < -0.4 is 4.74 Å². The fraction of sp³-hybridized carbons (Fsp3) is 0.217. The molecule has 1 aliphatic rings. The lowest BCUT2D eigenvalue weighted by Gasteiger charge is -2.35. The summed E-state index contributed by atoms with van der Waals surface area (Å²) in [6.07, 6.45) is 0. The topological polar surface area (TPSA) is 49.9 Å². The molecule has 30 heavy (non-hydrogen) atoms. The first-order valence-corrected chi connectivity index (χ1v) is 9.64. The van der Waals surface area contributed by atoms with Crippen molar-refractivity contribution in [3.05, 3.63) is 77.9 Å². The Morgan fingerprint density at radius 1 is 0.800 bits per heavy atom. The largest absolute Gasteiger partial charge is 0.435 e. The summed E-state index contributed by atoms with van der Waals surface area (Å²) < 4.78 is 29.2. The second-order valence-electron chi connectivity index (χ2n) is 7.02. The van der Waals surface area contributed by atoms with Crippen LogP contribution in [0.1, 0.15) is 20.7 Å². The summed E-state index contributed by atoms with van der Waals surface area (Å²) in [6, 6.07) is 19.1. The Balaban J connectivity index is 1.43. The molecule has 1 fully saturated rings. The average molecular weight is 410 g/mol. The van der Waals surface area contributed by atoms with Gasteiger partial charge >= 0.3 is 6.61 Å². The first kappa shape index (κ1) is 19.8. The molecule has 0 radical (unpaired) electrons. The Morgan fingerprint density at radius 2 is 1.43 bits per heavy atom. The van der Waals surface area contributed by atoms with E-state index >= 15 is 0 Å². The number of carbonyl (C=O) groups is 2. The summed E-state index contributed by atoms with van der Waals surface area (Å²) >= 11 is 0. The Morgan fingerprint density at radius 3 is 2.17 bits per heavy atom. The van der Waals surface area contributed by atoms with E-state index in [-0.39, 0.29) is 23.1 Å². The van der Waals surface area contributed by atoms with Gasteiger partial charge in [0.25, 0.3) is 11.8 Å². The Hall–Kier alpha value is -3.48. The van der Waals surface area contributed by atoms with Crippen molar-refractivity contribution >= 4 is 22.6 Å². The summed E-state index contributed by atoms with van der Waals surface area (Å²) in [5.74, 6) is -0.390. The van der Waals surface area contributed by atoms with Crippen molar-refractivity contribution in [3.63, 3.8) is 0 Å². The molecule has 154 valence electrons. The van der Waals surface area contributed by atoms with Crippen LogP contribution in [0.5, 0.6) is 5.75 Å². The number of rotatable bonds is 4. The van der Waals surface area contributed by atoms with Crippen LogP contribution in [0.2, 0.25) is 0 Å². The Bertz CT molecular complexity index is 1070. The molecule has 0 spiro atoms. The minimum absolute atomic E-state index is 0.0550. The summed E-state index contributed by atoms with van der Waals surface area (Å²) in [6.45, 7) is -1.40. The minimum Gasteiger partial charge on any atom is -0.435 e. The zero-order chi connectivity index (χ0) is 21.1. The number of ether oxygens (including phenoxy) is 1. The highest BCUT2D eigenvalue weighted by molar-refractivity contribution is 6.07. The lowest BCUT2D eigenvalue weighted by atomic mass is 10.0. The molecule has 3 aromatic carbocycles. The number of fused-ring (bicyclic) bond motifs is 1. The monoisotopic (exact) mass is 410 g/mol. The van der Waals surface area contributed by atoms with Crippen molar-refractivity contribution < 1.29 is 23.1 Å². The maximum absolute atomic E-state index is 13.0. The molecule has 2 amide bonds. The van der Waals surface area contributed by atoms with Gasteiger partial charge in [0.1, 0.15) is 5.75 Å². The molecular weight excluding hydrogens is 390 g/mol.